The molecule has 0 aliphatic carbocycles. The quantitative estimate of drug-likeness (QED) is 0.712. The first kappa shape index (κ1) is 19.0. The Morgan fingerprint density at radius 1 is 1.08 bits per heavy atom. The lowest BCUT2D eigenvalue weighted by Crippen LogP contribution is -2.37. The molecule has 0 aliphatic heterocycles. The number of rotatable bonds is 8. The maximum absolute atomic E-state index is 13.0. The molecule has 2 rings (SSSR count). The maximum Gasteiger partial charge on any atom is 0.251 e. The van der Waals surface area contributed by atoms with E-state index < -0.39 is 11.7 Å². The van der Waals surface area contributed by atoms with E-state index in [2.05, 4.69) is 41.8 Å². The molecule has 0 spiro atoms. The minimum Gasteiger partial charge on any atom is -0.354 e. The van der Waals surface area contributed by atoms with Crippen LogP contribution in [0.15, 0.2) is 48.5 Å². The fourth-order valence-corrected chi connectivity index (χ4v) is 2.91. The van der Waals surface area contributed by atoms with E-state index in [-0.39, 0.29) is 18.0 Å². The maximum atomic E-state index is 13.0. The van der Waals surface area contributed by atoms with Crippen molar-refractivity contribution in [3.63, 3.8) is 0 Å². The van der Waals surface area contributed by atoms with Crippen LogP contribution in [-0.4, -0.2) is 30.7 Å². The summed E-state index contributed by atoms with van der Waals surface area (Å²) in [6.07, 6.45) is 0. The molecule has 0 heterocycles. The van der Waals surface area contributed by atoms with Crippen LogP contribution in [0.25, 0.3) is 0 Å². The molecule has 0 aliphatic rings. The predicted molar refractivity (Wildman–Crippen MR) is 99.1 cm³/mol. The second-order valence-electron chi connectivity index (χ2n) is 5.58. The van der Waals surface area contributed by atoms with E-state index in [0.717, 1.165) is 17.6 Å². The third kappa shape index (κ3) is 6.97. The van der Waals surface area contributed by atoms with Crippen molar-refractivity contribution in [2.45, 2.75) is 12.7 Å². The Labute approximate surface area is 151 Å². The largest absolute Gasteiger partial charge is 0.354 e. The van der Waals surface area contributed by atoms with Gasteiger partial charge in [-0.25, -0.2) is 4.39 Å². The lowest BCUT2D eigenvalue weighted by molar-refractivity contribution is -0.120. The van der Waals surface area contributed by atoms with Gasteiger partial charge in [0.25, 0.3) is 5.91 Å². The summed E-state index contributed by atoms with van der Waals surface area (Å²) in [5, 5.41) is 5.22. The third-order valence-corrected chi connectivity index (χ3v) is 4.48. The number of benzene rings is 2. The summed E-state index contributed by atoms with van der Waals surface area (Å²) in [4.78, 5) is 23.5. The number of amides is 2. The van der Waals surface area contributed by atoms with Crippen molar-refractivity contribution in [2.75, 3.05) is 18.8 Å². The molecule has 2 aromatic carbocycles. The number of thioether (sulfide) groups is 1. The van der Waals surface area contributed by atoms with Gasteiger partial charge in [0.15, 0.2) is 0 Å². The van der Waals surface area contributed by atoms with Crippen LogP contribution in [-0.2, 0) is 10.5 Å². The molecule has 0 atom stereocenters. The number of hydrogen-bond acceptors (Lipinski definition) is 3. The molecule has 2 amide bonds. The van der Waals surface area contributed by atoms with Gasteiger partial charge in [-0.3, -0.25) is 9.59 Å². The average molecular weight is 360 g/mol. The van der Waals surface area contributed by atoms with E-state index >= 15 is 0 Å². The van der Waals surface area contributed by atoms with Gasteiger partial charge >= 0.3 is 0 Å². The fourth-order valence-electron chi connectivity index (χ4n) is 2.09. The highest BCUT2D eigenvalue weighted by molar-refractivity contribution is 7.98. The van der Waals surface area contributed by atoms with Crippen LogP contribution in [0.1, 0.15) is 21.5 Å². The molecule has 0 fully saturated rings. The van der Waals surface area contributed by atoms with Gasteiger partial charge in [-0.1, -0.05) is 35.9 Å². The number of carbonyl (C=O) groups is 2. The Morgan fingerprint density at radius 2 is 1.84 bits per heavy atom. The SMILES string of the molecule is Cc1ccc(CSCCNC(=O)CNC(=O)c2cccc(F)c2)cc1. The topological polar surface area (TPSA) is 58.2 Å². The van der Waals surface area contributed by atoms with Crippen molar-refractivity contribution in [1.82, 2.24) is 10.6 Å². The predicted octanol–water partition coefficient (Wildman–Crippen LogP) is 2.91. The van der Waals surface area contributed by atoms with Crippen molar-refractivity contribution in [3.8, 4) is 0 Å². The highest BCUT2D eigenvalue weighted by Crippen LogP contribution is 2.12. The Balaban J connectivity index is 1.59. The normalized spacial score (nSPS) is 10.3. The van der Waals surface area contributed by atoms with Crippen LogP contribution in [0, 0.1) is 12.7 Å². The summed E-state index contributed by atoms with van der Waals surface area (Å²) in [6, 6.07) is 13.7. The molecule has 0 unspecified atom stereocenters. The first-order valence-electron chi connectivity index (χ1n) is 7.98. The Morgan fingerprint density at radius 3 is 2.56 bits per heavy atom. The first-order valence-corrected chi connectivity index (χ1v) is 9.14. The van der Waals surface area contributed by atoms with Gasteiger partial charge in [-0.05, 0) is 30.7 Å². The van der Waals surface area contributed by atoms with E-state index in [1.807, 2.05) is 0 Å². The van der Waals surface area contributed by atoms with E-state index in [4.69, 9.17) is 0 Å². The summed E-state index contributed by atoms with van der Waals surface area (Å²) in [5.41, 5.74) is 2.69. The highest BCUT2D eigenvalue weighted by atomic mass is 32.2. The zero-order chi connectivity index (χ0) is 18.1. The second kappa shape index (κ2) is 9.84. The number of carbonyl (C=O) groups excluding carboxylic acids is 2. The van der Waals surface area contributed by atoms with Gasteiger partial charge in [-0.15, -0.1) is 0 Å². The van der Waals surface area contributed by atoms with Crippen LogP contribution in [0.2, 0.25) is 0 Å². The minimum absolute atomic E-state index is 0.127. The zero-order valence-electron chi connectivity index (χ0n) is 14.0. The highest BCUT2D eigenvalue weighted by Gasteiger charge is 2.08. The lowest BCUT2D eigenvalue weighted by atomic mass is 10.2. The smallest absolute Gasteiger partial charge is 0.251 e. The summed E-state index contributed by atoms with van der Waals surface area (Å²) in [7, 11) is 0. The fraction of sp³-hybridized carbons (Fsp3) is 0.263. The van der Waals surface area contributed by atoms with Gasteiger partial charge in [0.2, 0.25) is 5.91 Å². The minimum atomic E-state index is -0.484. The van der Waals surface area contributed by atoms with Crippen LogP contribution in [0.4, 0.5) is 4.39 Å². The molecular weight excluding hydrogens is 339 g/mol. The van der Waals surface area contributed by atoms with Gasteiger partial charge < -0.3 is 10.6 Å². The Bertz CT molecular complexity index is 720. The molecule has 0 aromatic heterocycles. The van der Waals surface area contributed by atoms with E-state index in [1.54, 1.807) is 11.8 Å². The van der Waals surface area contributed by atoms with Gasteiger partial charge in [0.05, 0.1) is 6.54 Å². The van der Waals surface area contributed by atoms with Crippen LogP contribution in [0.5, 0.6) is 0 Å². The summed E-state index contributed by atoms with van der Waals surface area (Å²) >= 11 is 1.73. The first-order chi connectivity index (χ1) is 12.0. The lowest BCUT2D eigenvalue weighted by Gasteiger charge is -2.07. The van der Waals surface area contributed by atoms with Crippen molar-refractivity contribution >= 4 is 23.6 Å². The average Bonchev–Trinajstić information content (AvgIpc) is 2.61. The van der Waals surface area contributed by atoms with Crippen LogP contribution in [0.3, 0.4) is 0 Å². The third-order valence-electron chi connectivity index (χ3n) is 3.45. The number of nitrogens with one attached hydrogen (secondary N) is 2. The van der Waals surface area contributed by atoms with Gasteiger partial charge in [0, 0.05) is 23.6 Å². The monoisotopic (exact) mass is 360 g/mol. The van der Waals surface area contributed by atoms with Crippen LogP contribution < -0.4 is 10.6 Å². The molecule has 25 heavy (non-hydrogen) atoms. The van der Waals surface area contributed by atoms with Crippen LogP contribution >= 0.6 is 11.8 Å². The number of aryl methyl sites for hydroxylation is 1. The number of halogens is 1. The van der Waals surface area contributed by atoms with Crippen molar-refractivity contribution in [3.05, 3.63) is 71.0 Å². The summed E-state index contributed by atoms with van der Waals surface area (Å²) in [5.74, 6) is 0.469. The van der Waals surface area contributed by atoms with Crippen molar-refractivity contribution < 1.29 is 14.0 Å². The number of hydrogen-bond donors (Lipinski definition) is 2. The van der Waals surface area contributed by atoms with Crippen molar-refractivity contribution in [2.24, 2.45) is 0 Å². The van der Waals surface area contributed by atoms with E-state index in [0.29, 0.717) is 6.54 Å². The second-order valence-corrected chi connectivity index (χ2v) is 6.69. The molecule has 2 N–H and O–H groups in total. The molecule has 4 nitrogen and oxygen atoms in total. The Hall–Kier alpha value is -2.34. The molecule has 0 radical (unpaired) electrons. The summed E-state index contributed by atoms with van der Waals surface area (Å²) < 4.78 is 13.0. The van der Waals surface area contributed by atoms with Crippen molar-refractivity contribution in [1.29, 1.82) is 0 Å². The van der Waals surface area contributed by atoms with Gasteiger partial charge in [-0.2, -0.15) is 11.8 Å². The zero-order valence-corrected chi connectivity index (χ0v) is 14.9. The molecule has 132 valence electrons. The molecule has 0 saturated carbocycles. The summed E-state index contributed by atoms with van der Waals surface area (Å²) in [6.45, 7) is 2.46. The standard InChI is InChI=1S/C19H21FN2O2S/c1-14-5-7-15(8-6-14)13-25-10-9-21-18(23)12-22-19(24)16-3-2-4-17(20)11-16/h2-8,11H,9-10,12-13H2,1H3,(H,21,23)(H,22,24). The molecule has 2 aromatic rings. The molecule has 0 bridgehead atoms. The molecule has 6 heteroatoms. The van der Waals surface area contributed by atoms with Gasteiger partial charge in [0.1, 0.15) is 5.82 Å². The van der Waals surface area contributed by atoms with E-state index in [1.165, 1.54) is 29.3 Å². The molecular formula is C19H21FN2O2S. The Kier molecular flexibility index (Phi) is 7.47. The van der Waals surface area contributed by atoms with E-state index in [9.17, 15) is 14.0 Å². The molecule has 0 saturated heterocycles.